The Bertz CT molecular complexity index is 665. The van der Waals surface area contributed by atoms with Crippen LogP contribution in [0.3, 0.4) is 0 Å². The average Bonchev–Trinajstić information content (AvgIpc) is 2.64. The number of carbonyl (C=O) groups excluding carboxylic acids is 1. The quantitative estimate of drug-likeness (QED) is 0.697. The zero-order chi connectivity index (χ0) is 14.9. The number of aryl methyl sites for hydroxylation is 3. The predicted molar refractivity (Wildman–Crippen MR) is 77.7 cm³/mol. The SMILES string of the molecule is Cc1ccc(N)c(C(=O)OCc2c(Cl)c(C)nn2C)c1. The lowest BCUT2D eigenvalue weighted by Crippen LogP contribution is -2.10. The number of esters is 1. The van der Waals surface area contributed by atoms with Gasteiger partial charge < -0.3 is 10.5 Å². The van der Waals surface area contributed by atoms with Crippen molar-refractivity contribution in [1.82, 2.24) is 9.78 Å². The van der Waals surface area contributed by atoms with Crippen molar-refractivity contribution in [3.8, 4) is 0 Å². The predicted octanol–water partition coefficient (Wildman–Crippen LogP) is 2.63. The van der Waals surface area contributed by atoms with Gasteiger partial charge in [-0.1, -0.05) is 23.2 Å². The number of nitrogen functional groups attached to an aromatic ring is 1. The first-order chi connectivity index (χ1) is 9.40. The molecule has 0 fully saturated rings. The van der Waals surface area contributed by atoms with E-state index in [0.717, 1.165) is 5.56 Å². The molecular formula is C14H16ClN3O2. The molecule has 20 heavy (non-hydrogen) atoms. The summed E-state index contributed by atoms with van der Waals surface area (Å²) < 4.78 is 6.86. The van der Waals surface area contributed by atoms with Crippen LogP contribution in [0.5, 0.6) is 0 Å². The maximum absolute atomic E-state index is 12.0. The smallest absolute Gasteiger partial charge is 0.340 e. The Morgan fingerprint density at radius 2 is 2.15 bits per heavy atom. The van der Waals surface area contributed by atoms with E-state index in [1.807, 2.05) is 13.0 Å². The minimum absolute atomic E-state index is 0.0579. The lowest BCUT2D eigenvalue weighted by Gasteiger charge is -2.08. The van der Waals surface area contributed by atoms with Crippen LogP contribution in [0.15, 0.2) is 18.2 Å². The molecule has 0 aliphatic carbocycles. The average molecular weight is 294 g/mol. The summed E-state index contributed by atoms with van der Waals surface area (Å²) in [4.78, 5) is 12.0. The minimum atomic E-state index is -0.471. The lowest BCUT2D eigenvalue weighted by molar-refractivity contribution is 0.0465. The Kier molecular flexibility index (Phi) is 3.99. The zero-order valence-electron chi connectivity index (χ0n) is 11.6. The van der Waals surface area contributed by atoms with Gasteiger partial charge in [-0.25, -0.2) is 4.79 Å². The van der Waals surface area contributed by atoms with Crippen molar-refractivity contribution in [2.75, 3.05) is 5.73 Å². The maximum atomic E-state index is 12.0. The van der Waals surface area contributed by atoms with Crippen molar-refractivity contribution in [2.45, 2.75) is 20.5 Å². The Morgan fingerprint density at radius 1 is 1.45 bits per heavy atom. The zero-order valence-corrected chi connectivity index (χ0v) is 12.4. The second-order valence-electron chi connectivity index (χ2n) is 4.64. The highest BCUT2D eigenvalue weighted by Gasteiger charge is 2.16. The van der Waals surface area contributed by atoms with E-state index < -0.39 is 5.97 Å². The summed E-state index contributed by atoms with van der Waals surface area (Å²) in [5.74, 6) is -0.471. The Labute approximate surface area is 122 Å². The Balaban J connectivity index is 2.15. The van der Waals surface area contributed by atoms with E-state index in [2.05, 4.69) is 5.10 Å². The molecule has 0 spiro atoms. The van der Waals surface area contributed by atoms with Crippen molar-refractivity contribution in [1.29, 1.82) is 0 Å². The molecule has 6 heteroatoms. The van der Waals surface area contributed by atoms with E-state index in [1.165, 1.54) is 0 Å². The first-order valence-electron chi connectivity index (χ1n) is 6.11. The number of nitrogens with zero attached hydrogens (tertiary/aromatic N) is 2. The van der Waals surface area contributed by atoms with Gasteiger partial charge in [0.2, 0.25) is 0 Å². The normalized spacial score (nSPS) is 10.6. The third-order valence-electron chi connectivity index (χ3n) is 3.03. The highest BCUT2D eigenvalue weighted by molar-refractivity contribution is 6.31. The van der Waals surface area contributed by atoms with Crippen LogP contribution in [0.1, 0.15) is 27.3 Å². The fourth-order valence-corrected chi connectivity index (χ4v) is 2.11. The van der Waals surface area contributed by atoms with Gasteiger partial charge in [-0.15, -0.1) is 0 Å². The number of ether oxygens (including phenoxy) is 1. The molecule has 0 atom stereocenters. The van der Waals surface area contributed by atoms with Crippen molar-refractivity contribution < 1.29 is 9.53 Å². The van der Waals surface area contributed by atoms with Gasteiger partial charge in [0.1, 0.15) is 6.61 Å². The minimum Gasteiger partial charge on any atom is -0.455 e. The van der Waals surface area contributed by atoms with Crippen LogP contribution < -0.4 is 5.73 Å². The van der Waals surface area contributed by atoms with Gasteiger partial charge >= 0.3 is 5.97 Å². The molecule has 5 nitrogen and oxygen atoms in total. The molecule has 0 saturated carbocycles. The van der Waals surface area contributed by atoms with Gasteiger partial charge in [-0.3, -0.25) is 4.68 Å². The van der Waals surface area contributed by atoms with Gasteiger partial charge in [0.25, 0.3) is 0 Å². The molecule has 0 unspecified atom stereocenters. The molecule has 0 saturated heterocycles. The molecule has 0 radical (unpaired) electrons. The van der Waals surface area contributed by atoms with Crippen LogP contribution in [-0.2, 0) is 18.4 Å². The first kappa shape index (κ1) is 14.4. The molecule has 1 aromatic carbocycles. The monoisotopic (exact) mass is 293 g/mol. The largest absolute Gasteiger partial charge is 0.455 e. The molecule has 2 rings (SSSR count). The van der Waals surface area contributed by atoms with Crippen LogP contribution in [0.25, 0.3) is 0 Å². The summed E-state index contributed by atoms with van der Waals surface area (Å²) >= 11 is 6.10. The fraction of sp³-hybridized carbons (Fsp3) is 0.286. The summed E-state index contributed by atoms with van der Waals surface area (Å²) in [6.45, 7) is 3.74. The molecule has 1 aromatic heterocycles. The molecule has 2 aromatic rings. The third-order valence-corrected chi connectivity index (χ3v) is 3.52. The van der Waals surface area contributed by atoms with Gasteiger partial charge in [0, 0.05) is 12.7 Å². The molecule has 0 bridgehead atoms. The van der Waals surface area contributed by atoms with E-state index in [4.69, 9.17) is 22.1 Å². The standard InChI is InChI=1S/C14H16ClN3O2/c1-8-4-5-11(16)10(6-8)14(19)20-7-12-13(15)9(2)17-18(12)3/h4-6H,7,16H2,1-3H3. The molecule has 0 aliphatic rings. The van der Waals surface area contributed by atoms with E-state index in [-0.39, 0.29) is 6.61 Å². The van der Waals surface area contributed by atoms with Crippen LogP contribution in [0.2, 0.25) is 5.02 Å². The molecule has 2 N–H and O–H groups in total. The molecule has 0 aliphatic heterocycles. The molecule has 106 valence electrons. The number of anilines is 1. The van der Waals surface area contributed by atoms with Gasteiger partial charge in [0.05, 0.1) is 22.0 Å². The van der Waals surface area contributed by atoms with Gasteiger partial charge in [0.15, 0.2) is 0 Å². The number of hydrogen-bond acceptors (Lipinski definition) is 4. The number of benzene rings is 1. The third kappa shape index (κ3) is 2.77. The molecular weight excluding hydrogens is 278 g/mol. The van der Waals surface area contributed by atoms with Crippen LogP contribution in [0.4, 0.5) is 5.69 Å². The molecule has 1 heterocycles. The summed E-state index contributed by atoms with van der Waals surface area (Å²) in [6, 6.07) is 5.23. The number of rotatable bonds is 3. The lowest BCUT2D eigenvalue weighted by atomic mass is 10.1. The van der Waals surface area contributed by atoms with Crippen LogP contribution in [0, 0.1) is 13.8 Å². The highest BCUT2D eigenvalue weighted by atomic mass is 35.5. The topological polar surface area (TPSA) is 70.1 Å². The van der Waals surface area contributed by atoms with E-state index in [1.54, 1.807) is 30.8 Å². The van der Waals surface area contributed by atoms with Crippen molar-refractivity contribution in [3.05, 3.63) is 45.7 Å². The van der Waals surface area contributed by atoms with Crippen molar-refractivity contribution in [3.63, 3.8) is 0 Å². The summed E-state index contributed by atoms with van der Waals surface area (Å²) in [6.07, 6.45) is 0. The fourth-order valence-electron chi connectivity index (χ4n) is 1.90. The summed E-state index contributed by atoms with van der Waals surface area (Å²) in [5, 5.41) is 4.67. The van der Waals surface area contributed by atoms with Crippen LogP contribution in [-0.4, -0.2) is 15.7 Å². The highest BCUT2D eigenvalue weighted by Crippen LogP contribution is 2.21. The van der Waals surface area contributed by atoms with Gasteiger partial charge in [-0.2, -0.15) is 5.10 Å². The Morgan fingerprint density at radius 3 is 2.75 bits per heavy atom. The number of nitrogens with two attached hydrogens (primary N) is 1. The second kappa shape index (κ2) is 5.54. The van der Waals surface area contributed by atoms with Crippen LogP contribution >= 0.6 is 11.6 Å². The van der Waals surface area contributed by atoms with Crippen molar-refractivity contribution >= 4 is 23.3 Å². The second-order valence-corrected chi connectivity index (χ2v) is 5.01. The van der Waals surface area contributed by atoms with E-state index in [9.17, 15) is 4.79 Å². The summed E-state index contributed by atoms with van der Waals surface area (Å²) in [7, 11) is 1.75. The maximum Gasteiger partial charge on any atom is 0.340 e. The van der Waals surface area contributed by atoms with E-state index in [0.29, 0.717) is 27.7 Å². The number of aromatic nitrogens is 2. The van der Waals surface area contributed by atoms with Crippen molar-refractivity contribution in [2.24, 2.45) is 7.05 Å². The Hall–Kier alpha value is -2.01. The summed E-state index contributed by atoms with van der Waals surface area (Å²) in [5.41, 5.74) is 8.84. The number of hydrogen-bond donors (Lipinski definition) is 1. The first-order valence-corrected chi connectivity index (χ1v) is 6.49. The number of halogens is 1. The number of carbonyl (C=O) groups is 1. The van der Waals surface area contributed by atoms with Gasteiger partial charge in [-0.05, 0) is 26.0 Å². The molecule has 0 amide bonds. The van der Waals surface area contributed by atoms with E-state index >= 15 is 0 Å².